The zero-order chi connectivity index (χ0) is 16.5. The average molecular weight is 342 g/mol. The van der Waals surface area contributed by atoms with E-state index in [1.54, 1.807) is 12.1 Å². The van der Waals surface area contributed by atoms with Crippen molar-refractivity contribution in [3.63, 3.8) is 0 Å². The third-order valence-electron chi connectivity index (χ3n) is 2.49. The van der Waals surface area contributed by atoms with Crippen LogP contribution in [0.5, 0.6) is 0 Å². The Labute approximate surface area is 137 Å². The number of nitriles is 1. The van der Waals surface area contributed by atoms with Crippen molar-refractivity contribution in [3.8, 4) is 6.07 Å². The molecule has 0 aliphatic rings. The molecule has 0 bridgehead atoms. The number of anilines is 1. The quantitative estimate of drug-likeness (QED) is 0.359. The van der Waals surface area contributed by atoms with Crippen LogP contribution in [0.1, 0.15) is 6.42 Å². The van der Waals surface area contributed by atoms with Crippen LogP contribution in [0.2, 0.25) is 10.0 Å². The zero-order valence-electron chi connectivity index (χ0n) is 11.7. The number of ether oxygens (including phenoxy) is 1. The molecule has 1 aromatic rings. The van der Waals surface area contributed by atoms with E-state index in [4.69, 9.17) is 28.5 Å². The van der Waals surface area contributed by atoms with E-state index in [-0.39, 0.29) is 18.5 Å². The summed E-state index contributed by atoms with van der Waals surface area (Å²) in [6, 6.07) is 6.34. The second-order valence-electron chi connectivity index (χ2n) is 4.03. The Morgan fingerprint density at radius 3 is 2.77 bits per heavy atom. The minimum atomic E-state index is -0.641. The lowest BCUT2D eigenvalue weighted by Crippen LogP contribution is -2.18. The number of amides is 1. The van der Waals surface area contributed by atoms with Gasteiger partial charge < -0.3 is 15.4 Å². The summed E-state index contributed by atoms with van der Waals surface area (Å²) < 4.78 is 4.46. The topological polar surface area (TPSA) is 91.2 Å². The fourth-order valence-corrected chi connectivity index (χ4v) is 1.72. The summed E-state index contributed by atoms with van der Waals surface area (Å²) in [4.78, 5) is 22.9. The number of esters is 1. The minimum absolute atomic E-state index is 0.119. The van der Waals surface area contributed by atoms with Gasteiger partial charge in [-0.15, -0.1) is 0 Å². The molecule has 0 fully saturated rings. The summed E-state index contributed by atoms with van der Waals surface area (Å²) in [7, 11) is 1.28. The van der Waals surface area contributed by atoms with Crippen molar-refractivity contribution in [3.05, 3.63) is 40.0 Å². The van der Waals surface area contributed by atoms with Crippen LogP contribution in [0.4, 0.5) is 5.69 Å². The number of hydrogen-bond donors (Lipinski definition) is 2. The summed E-state index contributed by atoms with van der Waals surface area (Å²) in [5.41, 5.74) is 0.135. The molecule has 1 amide bonds. The van der Waals surface area contributed by atoms with Gasteiger partial charge >= 0.3 is 5.97 Å². The Morgan fingerprint density at radius 2 is 2.14 bits per heavy atom. The van der Waals surface area contributed by atoms with E-state index < -0.39 is 11.9 Å². The number of methoxy groups -OCH3 is 1. The molecule has 0 saturated carbocycles. The molecule has 8 heteroatoms. The summed E-state index contributed by atoms with van der Waals surface area (Å²) in [5.74, 6) is -1.04. The SMILES string of the molecule is COC(=O)CCN/C=C(/C#N)C(=O)Nc1cc(Cl)ccc1Cl. The normalized spacial score (nSPS) is 10.5. The predicted octanol–water partition coefficient (Wildman–Crippen LogP) is 2.49. The van der Waals surface area contributed by atoms with E-state index in [0.717, 1.165) is 0 Å². The fourth-order valence-electron chi connectivity index (χ4n) is 1.38. The number of hydrogen-bond acceptors (Lipinski definition) is 5. The highest BCUT2D eigenvalue weighted by Crippen LogP contribution is 2.25. The van der Waals surface area contributed by atoms with E-state index in [1.165, 1.54) is 25.4 Å². The number of carbonyl (C=O) groups excluding carboxylic acids is 2. The number of nitrogens with zero attached hydrogens (tertiary/aromatic N) is 1. The fraction of sp³-hybridized carbons (Fsp3) is 0.214. The number of rotatable bonds is 6. The molecule has 2 N–H and O–H groups in total. The second-order valence-corrected chi connectivity index (χ2v) is 4.87. The van der Waals surface area contributed by atoms with Crippen LogP contribution in [0, 0.1) is 11.3 Å². The van der Waals surface area contributed by atoms with Crippen LogP contribution in [0.15, 0.2) is 30.0 Å². The molecule has 0 aromatic heterocycles. The summed E-state index contributed by atoms with van der Waals surface area (Å²) in [5, 5.41) is 14.9. The highest BCUT2D eigenvalue weighted by atomic mass is 35.5. The molecule has 116 valence electrons. The van der Waals surface area contributed by atoms with Crippen molar-refractivity contribution in [2.75, 3.05) is 19.0 Å². The maximum Gasteiger partial charge on any atom is 0.307 e. The van der Waals surface area contributed by atoms with E-state index in [2.05, 4.69) is 15.4 Å². The third kappa shape index (κ3) is 5.64. The molecule has 6 nitrogen and oxygen atoms in total. The third-order valence-corrected chi connectivity index (χ3v) is 3.05. The van der Waals surface area contributed by atoms with Gasteiger partial charge in [0.1, 0.15) is 11.6 Å². The van der Waals surface area contributed by atoms with Gasteiger partial charge in [-0.2, -0.15) is 5.26 Å². The van der Waals surface area contributed by atoms with Crippen molar-refractivity contribution in [1.29, 1.82) is 5.26 Å². The standard InChI is InChI=1S/C14H13Cl2N3O3/c1-22-13(20)4-5-18-8-9(7-17)14(21)19-12-6-10(15)2-3-11(12)16/h2-3,6,8,18H,4-5H2,1H3,(H,19,21)/b9-8-. The first-order chi connectivity index (χ1) is 10.5. The van der Waals surface area contributed by atoms with Gasteiger partial charge in [0.15, 0.2) is 0 Å². The number of nitrogens with one attached hydrogen (secondary N) is 2. The van der Waals surface area contributed by atoms with Crippen LogP contribution in [0.3, 0.4) is 0 Å². The minimum Gasteiger partial charge on any atom is -0.469 e. The first-order valence-corrected chi connectivity index (χ1v) is 6.90. The molecule has 0 saturated heterocycles. The van der Waals surface area contributed by atoms with Gasteiger partial charge in [0.25, 0.3) is 5.91 Å². The van der Waals surface area contributed by atoms with Crippen molar-refractivity contribution in [2.24, 2.45) is 0 Å². The lowest BCUT2D eigenvalue weighted by Gasteiger charge is -2.07. The lowest BCUT2D eigenvalue weighted by atomic mass is 10.2. The van der Waals surface area contributed by atoms with Crippen molar-refractivity contribution < 1.29 is 14.3 Å². The van der Waals surface area contributed by atoms with Gasteiger partial charge in [-0.1, -0.05) is 23.2 Å². The van der Waals surface area contributed by atoms with Crippen LogP contribution in [-0.4, -0.2) is 25.5 Å². The molecule has 22 heavy (non-hydrogen) atoms. The number of benzene rings is 1. The summed E-state index contributed by atoms with van der Waals surface area (Å²) in [6.45, 7) is 0.239. The van der Waals surface area contributed by atoms with Crippen LogP contribution >= 0.6 is 23.2 Å². The Balaban J connectivity index is 2.66. The van der Waals surface area contributed by atoms with Gasteiger partial charge in [-0.25, -0.2) is 0 Å². The smallest absolute Gasteiger partial charge is 0.307 e. The molecule has 0 aliphatic carbocycles. The van der Waals surface area contributed by atoms with E-state index in [1.807, 2.05) is 0 Å². The molecule has 1 aromatic carbocycles. The molecule has 0 atom stereocenters. The first-order valence-electron chi connectivity index (χ1n) is 6.14. The van der Waals surface area contributed by atoms with Gasteiger partial charge in [0.2, 0.25) is 0 Å². The Bertz CT molecular complexity index is 639. The number of halogens is 2. The Kier molecular flexibility index (Phi) is 7.23. The monoisotopic (exact) mass is 341 g/mol. The lowest BCUT2D eigenvalue weighted by molar-refractivity contribution is -0.140. The highest BCUT2D eigenvalue weighted by Gasteiger charge is 2.11. The number of carbonyl (C=O) groups is 2. The largest absolute Gasteiger partial charge is 0.469 e. The molecule has 1 rings (SSSR count). The highest BCUT2D eigenvalue weighted by molar-refractivity contribution is 6.35. The van der Waals surface area contributed by atoms with Gasteiger partial charge in [-0.3, -0.25) is 9.59 Å². The van der Waals surface area contributed by atoms with E-state index in [9.17, 15) is 9.59 Å². The second kappa shape index (κ2) is 8.93. The Morgan fingerprint density at radius 1 is 1.41 bits per heavy atom. The molecule has 0 unspecified atom stereocenters. The van der Waals surface area contributed by atoms with Crippen molar-refractivity contribution in [1.82, 2.24) is 5.32 Å². The maximum absolute atomic E-state index is 12.0. The van der Waals surface area contributed by atoms with E-state index >= 15 is 0 Å². The molecule has 0 aliphatic heterocycles. The molecular formula is C14H13Cl2N3O3. The van der Waals surface area contributed by atoms with Crippen LogP contribution < -0.4 is 10.6 Å². The van der Waals surface area contributed by atoms with Gasteiger partial charge in [0.05, 0.1) is 24.2 Å². The van der Waals surface area contributed by atoms with Crippen LogP contribution in [0.25, 0.3) is 0 Å². The molecular weight excluding hydrogens is 329 g/mol. The zero-order valence-corrected chi connectivity index (χ0v) is 13.2. The molecule has 0 spiro atoms. The Hall–Kier alpha value is -2.23. The van der Waals surface area contributed by atoms with Crippen molar-refractivity contribution >= 4 is 40.8 Å². The summed E-state index contributed by atoms with van der Waals surface area (Å²) in [6.07, 6.45) is 1.34. The maximum atomic E-state index is 12.0. The summed E-state index contributed by atoms with van der Waals surface area (Å²) >= 11 is 11.7. The van der Waals surface area contributed by atoms with Gasteiger partial charge in [0, 0.05) is 17.8 Å². The van der Waals surface area contributed by atoms with Gasteiger partial charge in [-0.05, 0) is 18.2 Å². The average Bonchev–Trinajstić information content (AvgIpc) is 2.50. The van der Waals surface area contributed by atoms with Crippen molar-refractivity contribution in [2.45, 2.75) is 6.42 Å². The molecule has 0 radical (unpaired) electrons. The van der Waals surface area contributed by atoms with Crippen LogP contribution in [-0.2, 0) is 14.3 Å². The predicted molar refractivity (Wildman–Crippen MR) is 83.4 cm³/mol. The first kappa shape index (κ1) is 17.8. The van der Waals surface area contributed by atoms with E-state index in [0.29, 0.717) is 15.7 Å². The molecule has 0 heterocycles.